The van der Waals surface area contributed by atoms with Crippen LogP contribution in [0.15, 0.2) is 36.4 Å². The van der Waals surface area contributed by atoms with E-state index in [1.54, 1.807) is 0 Å². The van der Waals surface area contributed by atoms with Crippen LogP contribution in [0.5, 0.6) is 5.75 Å². The van der Waals surface area contributed by atoms with E-state index in [0.717, 1.165) is 38.2 Å². The lowest BCUT2D eigenvalue weighted by Gasteiger charge is -2.21. The number of ether oxygens (including phenoxy) is 1. The molecule has 0 unspecified atom stereocenters. The Bertz CT molecular complexity index is 663. The molecule has 21 heavy (non-hydrogen) atoms. The van der Waals surface area contributed by atoms with E-state index in [2.05, 4.69) is 41.7 Å². The van der Waals surface area contributed by atoms with Crippen molar-refractivity contribution in [1.29, 1.82) is 0 Å². The quantitative estimate of drug-likeness (QED) is 0.923. The summed E-state index contributed by atoms with van der Waals surface area (Å²) >= 11 is 0. The number of aryl methyl sites for hydroxylation is 2. The summed E-state index contributed by atoms with van der Waals surface area (Å²) in [7, 11) is 0. The molecule has 2 aliphatic rings. The fourth-order valence-corrected chi connectivity index (χ4v) is 3.49. The minimum Gasteiger partial charge on any atom is -0.493 e. The Morgan fingerprint density at radius 2 is 2.05 bits per heavy atom. The maximum Gasteiger partial charge on any atom is 0.122 e. The zero-order chi connectivity index (χ0) is 14.1. The third-order valence-corrected chi connectivity index (χ3v) is 4.63. The second-order valence-corrected chi connectivity index (χ2v) is 6.01. The molecule has 4 rings (SSSR count). The first-order valence-corrected chi connectivity index (χ1v) is 7.99. The van der Waals surface area contributed by atoms with Crippen LogP contribution in [0.2, 0.25) is 0 Å². The summed E-state index contributed by atoms with van der Waals surface area (Å²) < 4.78 is 5.58. The molecule has 2 aromatic carbocycles. The lowest BCUT2D eigenvalue weighted by molar-refractivity contribution is 0.357. The number of rotatable bonds is 3. The number of nitrogens with one attached hydrogen (secondary N) is 1. The van der Waals surface area contributed by atoms with E-state index in [9.17, 15) is 0 Å². The molecule has 0 amide bonds. The Hall–Kier alpha value is -1.96. The summed E-state index contributed by atoms with van der Waals surface area (Å²) in [6.45, 7) is 1.96. The second kappa shape index (κ2) is 5.44. The number of anilines is 1. The first-order valence-electron chi connectivity index (χ1n) is 7.99. The predicted octanol–water partition coefficient (Wildman–Crippen LogP) is 3.76. The molecule has 108 valence electrons. The number of fused-ring (bicyclic) bond motifs is 2. The van der Waals surface area contributed by atoms with Crippen molar-refractivity contribution >= 4 is 5.69 Å². The smallest absolute Gasteiger partial charge is 0.122 e. The Morgan fingerprint density at radius 1 is 1.05 bits per heavy atom. The van der Waals surface area contributed by atoms with E-state index >= 15 is 0 Å². The van der Waals surface area contributed by atoms with Gasteiger partial charge in [0.05, 0.1) is 6.61 Å². The Kier molecular flexibility index (Phi) is 3.30. The first-order chi connectivity index (χ1) is 10.4. The van der Waals surface area contributed by atoms with Crippen molar-refractivity contribution in [2.75, 3.05) is 18.5 Å². The van der Waals surface area contributed by atoms with E-state index in [0.29, 0.717) is 0 Å². The third-order valence-electron chi connectivity index (χ3n) is 4.63. The van der Waals surface area contributed by atoms with Crippen molar-refractivity contribution < 1.29 is 4.74 Å². The van der Waals surface area contributed by atoms with Gasteiger partial charge in [0.1, 0.15) is 5.75 Å². The average molecular weight is 279 g/mol. The third kappa shape index (κ3) is 2.51. The summed E-state index contributed by atoms with van der Waals surface area (Å²) in [5.41, 5.74) is 7.20. The molecule has 2 aromatic rings. The number of hydrogen-bond acceptors (Lipinski definition) is 2. The van der Waals surface area contributed by atoms with Gasteiger partial charge in [-0.05, 0) is 60.1 Å². The van der Waals surface area contributed by atoms with Crippen LogP contribution >= 0.6 is 0 Å². The molecule has 0 atom stereocenters. The molecule has 0 spiro atoms. The van der Waals surface area contributed by atoms with Crippen molar-refractivity contribution in [3.63, 3.8) is 0 Å². The summed E-state index contributed by atoms with van der Waals surface area (Å²) in [6, 6.07) is 13.4. The van der Waals surface area contributed by atoms with E-state index in [4.69, 9.17) is 4.74 Å². The van der Waals surface area contributed by atoms with Gasteiger partial charge in [-0.2, -0.15) is 0 Å². The van der Waals surface area contributed by atoms with E-state index in [-0.39, 0.29) is 0 Å². The van der Waals surface area contributed by atoms with Crippen molar-refractivity contribution in [2.24, 2.45) is 0 Å². The van der Waals surface area contributed by atoms with Gasteiger partial charge in [0.25, 0.3) is 0 Å². The highest BCUT2D eigenvalue weighted by Gasteiger charge is 2.14. The van der Waals surface area contributed by atoms with E-state index < -0.39 is 0 Å². The largest absolute Gasteiger partial charge is 0.493 e. The minimum atomic E-state index is 0.844. The lowest BCUT2D eigenvalue weighted by Crippen LogP contribution is -2.13. The first kappa shape index (κ1) is 12.8. The molecule has 0 bridgehead atoms. The Labute approximate surface area is 126 Å². The van der Waals surface area contributed by atoms with Gasteiger partial charge in [-0.15, -0.1) is 0 Å². The molecule has 0 fully saturated rings. The fourth-order valence-electron chi connectivity index (χ4n) is 3.49. The normalized spacial score (nSPS) is 15.8. The fraction of sp³-hybridized carbons (Fsp3) is 0.368. The second-order valence-electron chi connectivity index (χ2n) is 6.01. The molecule has 0 saturated carbocycles. The van der Waals surface area contributed by atoms with Crippen LogP contribution < -0.4 is 10.1 Å². The van der Waals surface area contributed by atoms with Crippen LogP contribution in [0.4, 0.5) is 5.69 Å². The Balaban J connectivity index is 1.52. The molecule has 2 heterocycles. The summed E-state index contributed by atoms with van der Waals surface area (Å²) in [6.07, 6.45) is 5.78. The molecule has 2 nitrogen and oxygen atoms in total. The van der Waals surface area contributed by atoms with Crippen molar-refractivity contribution in [3.8, 4) is 5.75 Å². The molecule has 0 aromatic heterocycles. The average Bonchev–Trinajstić information content (AvgIpc) is 3.00. The van der Waals surface area contributed by atoms with Crippen molar-refractivity contribution in [2.45, 2.75) is 32.1 Å². The van der Waals surface area contributed by atoms with E-state index in [1.807, 2.05) is 0 Å². The molecule has 2 heteroatoms. The van der Waals surface area contributed by atoms with Crippen molar-refractivity contribution in [1.82, 2.24) is 0 Å². The maximum atomic E-state index is 5.58. The number of benzene rings is 2. The monoisotopic (exact) mass is 279 g/mol. The maximum absolute atomic E-state index is 5.58. The lowest BCUT2D eigenvalue weighted by atomic mass is 9.93. The zero-order valence-electron chi connectivity index (χ0n) is 12.3. The van der Waals surface area contributed by atoms with Gasteiger partial charge in [-0.1, -0.05) is 24.3 Å². The predicted molar refractivity (Wildman–Crippen MR) is 86.3 cm³/mol. The molecule has 0 saturated heterocycles. The summed E-state index contributed by atoms with van der Waals surface area (Å²) in [5.74, 6) is 1.08. The van der Waals surface area contributed by atoms with Crippen LogP contribution in [-0.2, 0) is 25.7 Å². The molecular formula is C19H21NO. The molecule has 0 aliphatic carbocycles. The van der Waals surface area contributed by atoms with Crippen LogP contribution in [0.25, 0.3) is 0 Å². The van der Waals surface area contributed by atoms with Gasteiger partial charge in [0.15, 0.2) is 0 Å². The standard InChI is InChI=1S/C19H21NO/c1-3-15(17-4-2-11-20-18(17)5-1)8-6-14-7-9-19-16(13-14)10-12-21-19/h1,3,5,7,9,13,20H,2,4,6,8,10-12H2. The van der Waals surface area contributed by atoms with Crippen LogP contribution in [0.3, 0.4) is 0 Å². The van der Waals surface area contributed by atoms with Gasteiger partial charge in [-0.3, -0.25) is 0 Å². The topological polar surface area (TPSA) is 21.3 Å². The minimum absolute atomic E-state index is 0.844. The van der Waals surface area contributed by atoms with Gasteiger partial charge in [-0.25, -0.2) is 0 Å². The molecular weight excluding hydrogens is 258 g/mol. The highest BCUT2D eigenvalue weighted by atomic mass is 16.5. The van der Waals surface area contributed by atoms with Crippen LogP contribution in [0.1, 0.15) is 28.7 Å². The highest BCUT2D eigenvalue weighted by molar-refractivity contribution is 5.56. The highest BCUT2D eigenvalue weighted by Crippen LogP contribution is 2.28. The van der Waals surface area contributed by atoms with Gasteiger partial charge in [0, 0.05) is 18.7 Å². The molecule has 1 N–H and O–H groups in total. The van der Waals surface area contributed by atoms with Crippen LogP contribution in [-0.4, -0.2) is 13.2 Å². The van der Waals surface area contributed by atoms with Gasteiger partial charge >= 0.3 is 0 Å². The van der Waals surface area contributed by atoms with E-state index in [1.165, 1.54) is 40.8 Å². The van der Waals surface area contributed by atoms with Gasteiger partial charge < -0.3 is 10.1 Å². The zero-order valence-corrected chi connectivity index (χ0v) is 12.3. The van der Waals surface area contributed by atoms with Crippen molar-refractivity contribution in [3.05, 3.63) is 58.7 Å². The molecule has 2 aliphatic heterocycles. The molecule has 0 radical (unpaired) electrons. The van der Waals surface area contributed by atoms with Crippen LogP contribution in [0, 0.1) is 0 Å². The van der Waals surface area contributed by atoms with Gasteiger partial charge in [0.2, 0.25) is 0 Å². The summed E-state index contributed by atoms with van der Waals surface area (Å²) in [4.78, 5) is 0. The summed E-state index contributed by atoms with van der Waals surface area (Å²) in [5, 5.41) is 3.52. The SMILES string of the molecule is c1cc(CCc2ccc3c(c2)CCO3)c2c(c1)NCCC2. The Morgan fingerprint density at radius 3 is 3.05 bits per heavy atom. The number of hydrogen-bond donors (Lipinski definition) is 1.